The Balaban J connectivity index is 3.35. The van der Waals surface area contributed by atoms with Crippen molar-refractivity contribution in [2.24, 2.45) is 0 Å². The Hall–Kier alpha value is -0.570. The maximum absolute atomic E-state index is 6.02. The Morgan fingerprint density at radius 1 is 1.00 bits per heavy atom. The van der Waals surface area contributed by atoms with E-state index in [0.717, 1.165) is 5.82 Å². The molecule has 4 heteroatoms. The summed E-state index contributed by atoms with van der Waals surface area (Å²) in [6.07, 6.45) is 0. The first kappa shape index (κ1) is 11.5. The number of aromatic nitrogens is 3. The van der Waals surface area contributed by atoms with Crippen LogP contribution in [0.5, 0.6) is 0 Å². The molecule has 0 aliphatic carbocycles. The molecule has 14 heavy (non-hydrogen) atoms. The number of hydrogen-bond donors (Lipinski definition) is 0. The van der Waals surface area contributed by atoms with Crippen LogP contribution >= 0.6 is 11.6 Å². The second kappa shape index (κ2) is 3.23. The third kappa shape index (κ3) is 2.08. The Kier molecular flexibility index (Phi) is 2.65. The van der Waals surface area contributed by atoms with E-state index in [1.165, 1.54) is 0 Å². The fraction of sp³-hybridized carbons (Fsp3) is 0.800. The summed E-state index contributed by atoms with van der Waals surface area (Å²) in [5, 5.41) is 8.52. The van der Waals surface area contributed by atoms with Gasteiger partial charge in [0.2, 0.25) is 5.28 Å². The smallest absolute Gasteiger partial charge is 0.225 e. The molecule has 1 aromatic rings. The van der Waals surface area contributed by atoms with Crippen LogP contribution in [-0.2, 0) is 11.0 Å². The minimum atomic E-state index is -0.0802. The van der Waals surface area contributed by atoms with Crippen LogP contribution in [0.15, 0.2) is 0 Å². The van der Waals surface area contributed by atoms with E-state index >= 15 is 0 Å². The lowest BCUT2D eigenvalue weighted by atomic mass is 9.94. The van der Waals surface area contributed by atoms with Crippen LogP contribution in [0.1, 0.15) is 47.4 Å². The van der Waals surface area contributed by atoms with Crippen molar-refractivity contribution in [1.82, 2.24) is 14.8 Å². The predicted octanol–water partition coefficient (Wildman–Crippen LogP) is 2.98. The average Bonchev–Trinajstić information content (AvgIpc) is 2.27. The van der Waals surface area contributed by atoms with Crippen LogP contribution < -0.4 is 0 Å². The van der Waals surface area contributed by atoms with Gasteiger partial charge in [-0.2, -0.15) is 0 Å². The van der Waals surface area contributed by atoms with E-state index in [2.05, 4.69) is 51.7 Å². The van der Waals surface area contributed by atoms with Gasteiger partial charge in [-0.25, -0.2) is 0 Å². The van der Waals surface area contributed by atoms with Crippen molar-refractivity contribution < 1.29 is 0 Å². The van der Waals surface area contributed by atoms with Gasteiger partial charge in [0.25, 0.3) is 0 Å². The van der Waals surface area contributed by atoms with E-state index in [4.69, 9.17) is 11.6 Å². The molecule has 0 aliphatic heterocycles. The van der Waals surface area contributed by atoms with Crippen molar-refractivity contribution in [2.45, 2.75) is 52.5 Å². The fourth-order valence-electron chi connectivity index (χ4n) is 1.35. The van der Waals surface area contributed by atoms with Gasteiger partial charge in [-0.1, -0.05) is 20.8 Å². The van der Waals surface area contributed by atoms with Gasteiger partial charge in [-0.3, -0.25) is 4.57 Å². The molecule has 0 radical (unpaired) electrons. The average molecular weight is 216 g/mol. The van der Waals surface area contributed by atoms with Gasteiger partial charge in [0.15, 0.2) is 0 Å². The lowest BCUT2D eigenvalue weighted by Gasteiger charge is -2.28. The minimum absolute atomic E-state index is 0.0343. The van der Waals surface area contributed by atoms with Crippen molar-refractivity contribution in [1.29, 1.82) is 0 Å². The van der Waals surface area contributed by atoms with Crippen LogP contribution in [0.25, 0.3) is 0 Å². The molecule has 1 rings (SSSR count). The Bertz CT molecular complexity index is 328. The molecule has 0 spiro atoms. The van der Waals surface area contributed by atoms with E-state index in [9.17, 15) is 0 Å². The summed E-state index contributed by atoms with van der Waals surface area (Å²) in [4.78, 5) is 0. The highest BCUT2D eigenvalue weighted by Gasteiger charge is 2.28. The molecule has 0 N–H and O–H groups in total. The van der Waals surface area contributed by atoms with Crippen LogP contribution in [-0.4, -0.2) is 14.8 Å². The highest BCUT2D eigenvalue weighted by atomic mass is 35.5. The number of hydrogen-bond acceptors (Lipinski definition) is 2. The molecular weight excluding hydrogens is 198 g/mol. The first-order valence-electron chi connectivity index (χ1n) is 4.76. The minimum Gasteiger partial charge on any atom is -0.296 e. The zero-order valence-corrected chi connectivity index (χ0v) is 10.5. The van der Waals surface area contributed by atoms with Gasteiger partial charge in [-0.15, -0.1) is 10.2 Å². The van der Waals surface area contributed by atoms with Crippen LogP contribution in [0, 0.1) is 0 Å². The topological polar surface area (TPSA) is 30.7 Å². The maximum atomic E-state index is 6.02. The molecule has 3 nitrogen and oxygen atoms in total. The number of nitrogens with zero attached hydrogens (tertiary/aromatic N) is 3. The van der Waals surface area contributed by atoms with Gasteiger partial charge < -0.3 is 0 Å². The van der Waals surface area contributed by atoms with E-state index in [1.807, 2.05) is 4.57 Å². The Morgan fingerprint density at radius 2 is 1.50 bits per heavy atom. The molecule has 80 valence electrons. The molecule has 1 aromatic heterocycles. The molecule has 0 aromatic carbocycles. The molecule has 0 bridgehead atoms. The molecule has 0 saturated heterocycles. The SMILES string of the molecule is CC(C)(C)c1nnc(Cl)n1C(C)(C)C. The van der Waals surface area contributed by atoms with E-state index in [-0.39, 0.29) is 11.0 Å². The van der Waals surface area contributed by atoms with Gasteiger partial charge in [0.05, 0.1) is 0 Å². The Morgan fingerprint density at radius 3 is 1.79 bits per heavy atom. The van der Waals surface area contributed by atoms with Crippen molar-refractivity contribution in [3.8, 4) is 0 Å². The van der Waals surface area contributed by atoms with Gasteiger partial charge in [-0.05, 0) is 32.4 Å². The highest BCUT2D eigenvalue weighted by Crippen LogP contribution is 2.28. The maximum Gasteiger partial charge on any atom is 0.225 e. The lowest BCUT2D eigenvalue weighted by molar-refractivity contribution is 0.354. The molecule has 0 fully saturated rings. The molecule has 0 atom stereocenters. The molecule has 1 heterocycles. The van der Waals surface area contributed by atoms with Gasteiger partial charge in [0, 0.05) is 11.0 Å². The summed E-state index contributed by atoms with van der Waals surface area (Å²) in [7, 11) is 0. The van der Waals surface area contributed by atoms with Crippen LogP contribution in [0.2, 0.25) is 5.28 Å². The molecule has 0 aliphatic rings. The predicted molar refractivity (Wildman–Crippen MR) is 58.7 cm³/mol. The zero-order chi connectivity index (χ0) is 11.1. The van der Waals surface area contributed by atoms with Crippen LogP contribution in [0.3, 0.4) is 0 Å². The quantitative estimate of drug-likeness (QED) is 0.666. The van der Waals surface area contributed by atoms with Gasteiger partial charge in [0.1, 0.15) is 5.82 Å². The van der Waals surface area contributed by atoms with Crippen molar-refractivity contribution >= 4 is 11.6 Å². The van der Waals surface area contributed by atoms with E-state index in [1.54, 1.807) is 0 Å². The van der Waals surface area contributed by atoms with E-state index < -0.39 is 0 Å². The first-order valence-corrected chi connectivity index (χ1v) is 5.13. The lowest BCUT2D eigenvalue weighted by Crippen LogP contribution is -2.29. The Labute approximate surface area is 90.5 Å². The molecular formula is C10H18ClN3. The largest absolute Gasteiger partial charge is 0.296 e. The normalized spacial score (nSPS) is 13.4. The summed E-state index contributed by atoms with van der Waals surface area (Å²) in [6, 6.07) is 0. The van der Waals surface area contributed by atoms with E-state index in [0.29, 0.717) is 5.28 Å². The third-order valence-corrected chi connectivity index (χ3v) is 2.21. The summed E-state index contributed by atoms with van der Waals surface area (Å²) >= 11 is 6.02. The summed E-state index contributed by atoms with van der Waals surface area (Å²) < 4.78 is 1.98. The monoisotopic (exact) mass is 215 g/mol. The first-order chi connectivity index (χ1) is 6.14. The number of rotatable bonds is 0. The molecule has 0 unspecified atom stereocenters. The van der Waals surface area contributed by atoms with Gasteiger partial charge >= 0.3 is 0 Å². The van der Waals surface area contributed by atoms with Crippen molar-refractivity contribution in [2.75, 3.05) is 0 Å². The highest BCUT2D eigenvalue weighted by molar-refractivity contribution is 6.28. The molecule has 0 amide bonds. The second-order valence-electron chi connectivity index (χ2n) is 5.55. The third-order valence-electron chi connectivity index (χ3n) is 1.97. The standard InChI is InChI=1S/C10H18ClN3/c1-9(2,3)7-12-13-8(11)14(7)10(4,5)6/h1-6H3. The second-order valence-corrected chi connectivity index (χ2v) is 5.89. The van der Waals surface area contributed by atoms with Crippen LogP contribution in [0.4, 0.5) is 0 Å². The van der Waals surface area contributed by atoms with Crippen molar-refractivity contribution in [3.63, 3.8) is 0 Å². The summed E-state index contributed by atoms with van der Waals surface area (Å²) in [6.45, 7) is 12.6. The summed E-state index contributed by atoms with van der Waals surface area (Å²) in [5.74, 6) is 0.926. The summed E-state index contributed by atoms with van der Waals surface area (Å²) in [5.41, 5.74) is -0.114. The zero-order valence-electron chi connectivity index (χ0n) is 9.72. The molecule has 0 saturated carbocycles. The van der Waals surface area contributed by atoms with Crippen molar-refractivity contribution in [3.05, 3.63) is 11.1 Å². The fourth-order valence-corrected chi connectivity index (χ4v) is 1.72. The number of halogens is 1.